The lowest BCUT2D eigenvalue weighted by molar-refractivity contribution is -0.274. The van der Waals surface area contributed by atoms with Gasteiger partial charge in [0.1, 0.15) is 5.75 Å². The average Bonchev–Trinajstić information content (AvgIpc) is 2.65. The lowest BCUT2D eigenvalue weighted by Gasteiger charge is -2.30. The second kappa shape index (κ2) is 10.3. The second-order valence-electron chi connectivity index (χ2n) is 6.77. The van der Waals surface area contributed by atoms with E-state index in [9.17, 15) is 22.8 Å². The average molecular weight is 401 g/mol. The Balaban J connectivity index is 1.76. The maximum Gasteiger partial charge on any atom is 0.573 e. The zero-order valence-electron chi connectivity index (χ0n) is 15.8. The summed E-state index contributed by atoms with van der Waals surface area (Å²) >= 11 is 0. The molecule has 2 amide bonds. The molecule has 0 aromatic heterocycles. The van der Waals surface area contributed by atoms with Crippen LogP contribution < -0.4 is 15.4 Å². The Hall–Kier alpha value is -2.29. The summed E-state index contributed by atoms with van der Waals surface area (Å²) in [5.41, 5.74) is 0.250. The first kappa shape index (κ1) is 22.0. The summed E-state index contributed by atoms with van der Waals surface area (Å²) in [5, 5.41) is 5.52. The van der Waals surface area contributed by atoms with Crippen molar-refractivity contribution < 1.29 is 27.5 Å². The fourth-order valence-corrected chi connectivity index (χ4v) is 3.07. The van der Waals surface area contributed by atoms with Crippen LogP contribution in [0.1, 0.15) is 31.7 Å². The molecule has 0 saturated carbocycles. The van der Waals surface area contributed by atoms with Crippen LogP contribution in [-0.4, -0.2) is 49.3 Å². The van der Waals surface area contributed by atoms with Gasteiger partial charge in [-0.2, -0.15) is 0 Å². The van der Waals surface area contributed by atoms with Gasteiger partial charge in [0.2, 0.25) is 11.8 Å². The zero-order chi connectivity index (χ0) is 20.6. The number of amides is 2. The summed E-state index contributed by atoms with van der Waals surface area (Å²) in [5.74, 6) is -0.575. The number of para-hydroxylation sites is 1. The Morgan fingerprint density at radius 1 is 1.18 bits per heavy atom. The molecule has 0 aliphatic carbocycles. The molecule has 1 aromatic rings. The molecule has 0 spiro atoms. The fraction of sp³-hybridized carbons (Fsp3) is 0.579. The van der Waals surface area contributed by atoms with Gasteiger partial charge in [-0.3, -0.25) is 14.5 Å². The van der Waals surface area contributed by atoms with E-state index in [1.54, 1.807) is 6.07 Å². The number of hydrogen-bond donors (Lipinski definition) is 2. The highest BCUT2D eigenvalue weighted by Crippen LogP contribution is 2.26. The SMILES string of the molecule is CCCNC(=O)C1CCN(CC(=O)NCc2ccccc2OC(F)(F)F)CC1. The van der Waals surface area contributed by atoms with Gasteiger partial charge < -0.3 is 15.4 Å². The topological polar surface area (TPSA) is 70.7 Å². The quantitative estimate of drug-likeness (QED) is 0.702. The number of nitrogens with zero attached hydrogens (tertiary/aromatic N) is 1. The molecule has 0 radical (unpaired) electrons. The molecule has 2 rings (SSSR count). The highest BCUT2D eigenvalue weighted by Gasteiger charge is 2.32. The first-order chi connectivity index (χ1) is 13.3. The number of carbonyl (C=O) groups is 2. The molecule has 0 atom stereocenters. The lowest BCUT2D eigenvalue weighted by atomic mass is 9.96. The maximum absolute atomic E-state index is 12.4. The number of piperidine rings is 1. The summed E-state index contributed by atoms with van der Waals surface area (Å²) in [6, 6.07) is 5.71. The Morgan fingerprint density at radius 2 is 1.86 bits per heavy atom. The summed E-state index contributed by atoms with van der Waals surface area (Å²) < 4.78 is 41.3. The van der Waals surface area contributed by atoms with Crippen molar-refractivity contribution in [2.45, 2.75) is 39.1 Å². The number of halogens is 3. The van der Waals surface area contributed by atoms with E-state index in [-0.39, 0.29) is 42.1 Å². The van der Waals surface area contributed by atoms with Crippen LogP contribution in [-0.2, 0) is 16.1 Å². The number of nitrogens with one attached hydrogen (secondary N) is 2. The molecule has 2 N–H and O–H groups in total. The van der Waals surface area contributed by atoms with Crippen molar-refractivity contribution >= 4 is 11.8 Å². The largest absolute Gasteiger partial charge is 0.573 e. The number of ether oxygens (including phenoxy) is 1. The van der Waals surface area contributed by atoms with E-state index in [4.69, 9.17) is 0 Å². The summed E-state index contributed by atoms with van der Waals surface area (Å²) in [4.78, 5) is 26.1. The van der Waals surface area contributed by atoms with Crippen LogP contribution in [0.2, 0.25) is 0 Å². The highest BCUT2D eigenvalue weighted by molar-refractivity contribution is 5.79. The molecule has 156 valence electrons. The predicted molar refractivity (Wildman–Crippen MR) is 97.4 cm³/mol. The van der Waals surface area contributed by atoms with Crippen molar-refractivity contribution in [2.24, 2.45) is 5.92 Å². The van der Waals surface area contributed by atoms with E-state index >= 15 is 0 Å². The summed E-state index contributed by atoms with van der Waals surface area (Å²) in [7, 11) is 0. The van der Waals surface area contributed by atoms with E-state index in [2.05, 4.69) is 15.4 Å². The van der Waals surface area contributed by atoms with Crippen molar-refractivity contribution in [3.05, 3.63) is 29.8 Å². The van der Waals surface area contributed by atoms with E-state index in [0.29, 0.717) is 32.5 Å². The Morgan fingerprint density at radius 3 is 2.50 bits per heavy atom. The third kappa shape index (κ3) is 7.38. The number of alkyl halides is 3. The molecule has 1 aliphatic heterocycles. The van der Waals surface area contributed by atoms with Crippen LogP contribution >= 0.6 is 0 Å². The Kier molecular flexibility index (Phi) is 8.10. The number of likely N-dealkylation sites (tertiary alicyclic amines) is 1. The van der Waals surface area contributed by atoms with Gasteiger partial charge in [0.05, 0.1) is 6.54 Å². The molecule has 0 bridgehead atoms. The first-order valence-electron chi connectivity index (χ1n) is 9.39. The van der Waals surface area contributed by atoms with Crippen LogP contribution in [0.15, 0.2) is 24.3 Å². The molecule has 1 aliphatic rings. The van der Waals surface area contributed by atoms with Crippen LogP contribution in [0.4, 0.5) is 13.2 Å². The van der Waals surface area contributed by atoms with E-state index in [0.717, 1.165) is 6.42 Å². The minimum Gasteiger partial charge on any atom is -0.405 e. The van der Waals surface area contributed by atoms with Crippen LogP contribution in [0.3, 0.4) is 0 Å². The molecule has 9 heteroatoms. The lowest BCUT2D eigenvalue weighted by Crippen LogP contribution is -2.44. The molecule has 1 aromatic carbocycles. The number of carbonyl (C=O) groups excluding carboxylic acids is 2. The summed E-state index contributed by atoms with van der Waals surface area (Å²) in [6.07, 6.45) is -2.52. The van der Waals surface area contributed by atoms with Crippen LogP contribution in [0.5, 0.6) is 5.75 Å². The van der Waals surface area contributed by atoms with E-state index < -0.39 is 6.36 Å². The van der Waals surface area contributed by atoms with Gasteiger partial charge in [-0.25, -0.2) is 0 Å². The van der Waals surface area contributed by atoms with Gasteiger partial charge in [0.25, 0.3) is 0 Å². The van der Waals surface area contributed by atoms with Crippen molar-refractivity contribution in [1.29, 1.82) is 0 Å². The molecule has 0 unspecified atom stereocenters. The van der Waals surface area contributed by atoms with Crippen LogP contribution in [0, 0.1) is 5.92 Å². The van der Waals surface area contributed by atoms with Gasteiger partial charge in [-0.05, 0) is 38.4 Å². The molecule has 1 saturated heterocycles. The molecular formula is C19H26F3N3O3. The number of hydrogen-bond acceptors (Lipinski definition) is 4. The Bertz CT molecular complexity index is 659. The van der Waals surface area contributed by atoms with Gasteiger partial charge in [0.15, 0.2) is 0 Å². The number of benzene rings is 1. The number of rotatable bonds is 8. The molecule has 28 heavy (non-hydrogen) atoms. The molecule has 1 fully saturated rings. The first-order valence-corrected chi connectivity index (χ1v) is 9.39. The minimum absolute atomic E-state index is 0.0303. The van der Waals surface area contributed by atoms with Gasteiger partial charge >= 0.3 is 6.36 Å². The van der Waals surface area contributed by atoms with Crippen LogP contribution in [0.25, 0.3) is 0 Å². The van der Waals surface area contributed by atoms with Gasteiger partial charge in [-0.15, -0.1) is 13.2 Å². The normalized spacial score (nSPS) is 15.9. The minimum atomic E-state index is -4.78. The second-order valence-corrected chi connectivity index (χ2v) is 6.77. The molecule has 6 nitrogen and oxygen atoms in total. The third-order valence-corrected chi connectivity index (χ3v) is 4.55. The van der Waals surface area contributed by atoms with Crippen molar-refractivity contribution in [3.8, 4) is 5.75 Å². The Labute approximate surface area is 162 Å². The fourth-order valence-electron chi connectivity index (χ4n) is 3.07. The summed E-state index contributed by atoms with van der Waals surface area (Å²) in [6.45, 7) is 4.01. The smallest absolute Gasteiger partial charge is 0.405 e. The monoisotopic (exact) mass is 401 g/mol. The van der Waals surface area contributed by atoms with Crippen molar-refractivity contribution in [1.82, 2.24) is 15.5 Å². The van der Waals surface area contributed by atoms with E-state index in [1.165, 1.54) is 18.2 Å². The van der Waals surface area contributed by atoms with Gasteiger partial charge in [-0.1, -0.05) is 25.1 Å². The standard InChI is InChI=1S/C19H26F3N3O3/c1-2-9-23-18(27)14-7-10-25(11-8-14)13-17(26)24-12-15-5-3-4-6-16(15)28-19(20,21)22/h3-6,14H,2,7-13H2,1H3,(H,23,27)(H,24,26). The van der Waals surface area contributed by atoms with E-state index in [1.807, 2.05) is 11.8 Å². The zero-order valence-corrected chi connectivity index (χ0v) is 15.8. The predicted octanol–water partition coefficient (Wildman–Crippen LogP) is 2.44. The highest BCUT2D eigenvalue weighted by atomic mass is 19.4. The van der Waals surface area contributed by atoms with Gasteiger partial charge in [0, 0.05) is 24.6 Å². The molecule has 1 heterocycles. The molecular weight excluding hydrogens is 375 g/mol. The third-order valence-electron chi connectivity index (χ3n) is 4.55. The van der Waals surface area contributed by atoms with Crippen molar-refractivity contribution in [3.63, 3.8) is 0 Å². The maximum atomic E-state index is 12.4. The van der Waals surface area contributed by atoms with Crippen molar-refractivity contribution in [2.75, 3.05) is 26.2 Å².